The van der Waals surface area contributed by atoms with Gasteiger partial charge in [0, 0.05) is 9.86 Å². The van der Waals surface area contributed by atoms with Crippen molar-refractivity contribution in [2.24, 2.45) is 5.92 Å². The highest BCUT2D eigenvalue weighted by Crippen LogP contribution is 2.28. The fourth-order valence-electron chi connectivity index (χ4n) is 3.04. The summed E-state index contributed by atoms with van der Waals surface area (Å²) in [5, 5.41) is 14.3. The molecule has 0 bridgehead atoms. The third-order valence-electron chi connectivity index (χ3n) is 4.45. The standard InChI is InChI=1S/C17H22BrNO2/c1-11(19-10-12-2-5-15(20)6-3-12)17-9-13-8-14(18)4-7-16(13)21-17/h4,7-9,11-12,15,19-20H,2-3,5-6,10H2,1H3. The second-order valence-electron chi connectivity index (χ2n) is 6.14. The van der Waals surface area contributed by atoms with Gasteiger partial charge < -0.3 is 14.8 Å². The molecule has 3 rings (SSSR count). The monoisotopic (exact) mass is 351 g/mol. The van der Waals surface area contributed by atoms with Crippen LogP contribution in [-0.2, 0) is 0 Å². The van der Waals surface area contributed by atoms with Crippen molar-refractivity contribution < 1.29 is 9.52 Å². The highest BCUT2D eigenvalue weighted by molar-refractivity contribution is 9.10. The summed E-state index contributed by atoms with van der Waals surface area (Å²) in [6.45, 7) is 3.14. The Morgan fingerprint density at radius 2 is 2.05 bits per heavy atom. The summed E-state index contributed by atoms with van der Waals surface area (Å²) >= 11 is 3.49. The number of fused-ring (bicyclic) bond motifs is 1. The summed E-state index contributed by atoms with van der Waals surface area (Å²) in [4.78, 5) is 0. The second-order valence-corrected chi connectivity index (χ2v) is 7.05. The molecule has 3 nitrogen and oxygen atoms in total. The lowest BCUT2D eigenvalue weighted by Gasteiger charge is -2.26. The van der Waals surface area contributed by atoms with Crippen molar-refractivity contribution >= 4 is 26.9 Å². The Morgan fingerprint density at radius 3 is 2.81 bits per heavy atom. The first-order chi connectivity index (χ1) is 10.1. The van der Waals surface area contributed by atoms with Crippen LogP contribution in [-0.4, -0.2) is 17.8 Å². The Labute approximate surface area is 133 Å². The number of nitrogens with one attached hydrogen (secondary N) is 1. The maximum atomic E-state index is 9.55. The van der Waals surface area contributed by atoms with Crippen LogP contribution in [0.4, 0.5) is 0 Å². The van der Waals surface area contributed by atoms with Crippen LogP contribution in [0, 0.1) is 5.92 Å². The Morgan fingerprint density at radius 1 is 1.29 bits per heavy atom. The lowest BCUT2D eigenvalue weighted by Crippen LogP contribution is -2.29. The number of aliphatic hydroxyl groups excluding tert-OH is 1. The van der Waals surface area contributed by atoms with Crippen LogP contribution in [0.1, 0.15) is 44.4 Å². The van der Waals surface area contributed by atoms with Gasteiger partial charge in [0.15, 0.2) is 0 Å². The molecule has 1 fully saturated rings. The molecule has 1 aromatic heterocycles. The fourth-order valence-corrected chi connectivity index (χ4v) is 3.42. The molecule has 1 atom stereocenters. The molecule has 1 heterocycles. The summed E-state index contributed by atoms with van der Waals surface area (Å²) in [6, 6.07) is 8.40. The van der Waals surface area contributed by atoms with Crippen LogP contribution in [0.5, 0.6) is 0 Å². The van der Waals surface area contributed by atoms with E-state index in [0.29, 0.717) is 5.92 Å². The Bertz CT molecular complexity index is 602. The first-order valence-electron chi connectivity index (χ1n) is 7.72. The van der Waals surface area contributed by atoms with E-state index in [2.05, 4.69) is 40.3 Å². The van der Waals surface area contributed by atoms with Gasteiger partial charge in [-0.3, -0.25) is 0 Å². The van der Waals surface area contributed by atoms with Crippen LogP contribution in [0.15, 0.2) is 33.2 Å². The second kappa shape index (κ2) is 6.51. The Balaban J connectivity index is 1.60. The number of hydrogen-bond donors (Lipinski definition) is 2. The van der Waals surface area contributed by atoms with Gasteiger partial charge in [0.1, 0.15) is 11.3 Å². The summed E-state index contributed by atoms with van der Waals surface area (Å²) in [7, 11) is 0. The zero-order valence-corrected chi connectivity index (χ0v) is 13.9. The normalized spacial score (nSPS) is 24.3. The van der Waals surface area contributed by atoms with E-state index in [-0.39, 0.29) is 12.1 Å². The van der Waals surface area contributed by atoms with E-state index >= 15 is 0 Å². The molecule has 1 aliphatic rings. The largest absolute Gasteiger partial charge is 0.459 e. The van der Waals surface area contributed by atoms with Crippen molar-refractivity contribution in [3.63, 3.8) is 0 Å². The number of halogens is 1. The Kier molecular flexibility index (Phi) is 4.67. The summed E-state index contributed by atoms with van der Waals surface area (Å²) in [6.07, 6.45) is 4.05. The number of hydrogen-bond acceptors (Lipinski definition) is 3. The molecule has 0 radical (unpaired) electrons. The van der Waals surface area contributed by atoms with Crippen molar-refractivity contribution in [3.8, 4) is 0 Å². The lowest BCUT2D eigenvalue weighted by molar-refractivity contribution is 0.107. The van der Waals surface area contributed by atoms with E-state index in [1.54, 1.807) is 0 Å². The number of aliphatic hydroxyl groups is 1. The van der Waals surface area contributed by atoms with E-state index in [1.165, 1.54) is 0 Å². The highest BCUT2D eigenvalue weighted by atomic mass is 79.9. The molecule has 0 amide bonds. The van der Waals surface area contributed by atoms with Gasteiger partial charge in [-0.15, -0.1) is 0 Å². The fraction of sp³-hybridized carbons (Fsp3) is 0.529. The molecule has 2 N–H and O–H groups in total. The van der Waals surface area contributed by atoms with Gasteiger partial charge >= 0.3 is 0 Å². The molecule has 0 spiro atoms. The topological polar surface area (TPSA) is 45.4 Å². The van der Waals surface area contributed by atoms with Crippen LogP contribution >= 0.6 is 15.9 Å². The summed E-state index contributed by atoms with van der Waals surface area (Å²) in [5.74, 6) is 1.66. The van der Waals surface area contributed by atoms with Gasteiger partial charge in [-0.2, -0.15) is 0 Å². The maximum absolute atomic E-state index is 9.55. The molecule has 0 saturated heterocycles. The van der Waals surface area contributed by atoms with Crippen LogP contribution in [0.2, 0.25) is 0 Å². The molecule has 0 aliphatic heterocycles. The number of furan rings is 1. The molecular weight excluding hydrogens is 330 g/mol. The molecular formula is C17H22BrNO2. The third-order valence-corrected chi connectivity index (χ3v) is 4.95. The SMILES string of the molecule is CC(NCC1CCC(O)CC1)c1cc2cc(Br)ccc2o1. The first-order valence-corrected chi connectivity index (χ1v) is 8.51. The van der Waals surface area contributed by atoms with E-state index in [0.717, 1.165) is 53.4 Å². The Hall–Kier alpha value is -0.840. The average Bonchev–Trinajstić information content (AvgIpc) is 2.89. The van der Waals surface area contributed by atoms with E-state index < -0.39 is 0 Å². The van der Waals surface area contributed by atoms with Gasteiger partial charge in [0.2, 0.25) is 0 Å². The van der Waals surface area contributed by atoms with Gasteiger partial charge in [0.25, 0.3) is 0 Å². The van der Waals surface area contributed by atoms with Gasteiger partial charge in [-0.1, -0.05) is 15.9 Å². The summed E-state index contributed by atoms with van der Waals surface area (Å²) in [5.41, 5.74) is 0.933. The highest BCUT2D eigenvalue weighted by Gasteiger charge is 2.20. The smallest absolute Gasteiger partial charge is 0.134 e. The molecule has 1 unspecified atom stereocenters. The van der Waals surface area contributed by atoms with Crippen LogP contribution < -0.4 is 5.32 Å². The van der Waals surface area contributed by atoms with Crippen molar-refractivity contribution in [2.75, 3.05) is 6.54 Å². The predicted molar refractivity (Wildman–Crippen MR) is 88.3 cm³/mol. The van der Waals surface area contributed by atoms with Crippen molar-refractivity contribution in [2.45, 2.75) is 44.8 Å². The molecule has 1 saturated carbocycles. The van der Waals surface area contributed by atoms with Crippen molar-refractivity contribution in [1.29, 1.82) is 0 Å². The van der Waals surface area contributed by atoms with Crippen molar-refractivity contribution in [3.05, 3.63) is 34.5 Å². The average molecular weight is 352 g/mol. The maximum Gasteiger partial charge on any atom is 0.134 e. The number of rotatable bonds is 4. The molecule has 2 aromatic rings. The minimum absolute atomic E-state index is 0.0764. The minimum atomic E-state index is -0.0764. The van der Waals surface area contributed by atoms with Crippen molar-refractivity contribution in [1.82, 2.24) is 5.32 Å². The molecule has 1 aliphatic carbocycles. The predicted octanol–water partition coefficient (Wildman–Crippen LogP) is 4.40. The molecule has 21 heavy (non-hydrogen) atoms. The van der Waals surface area contributed by atoms with Crippen LogP contribution in [0.25, 0.3) is 11.0 Å². The van der Waals surface area contributed by atoms with E-state index in [9.17, 15) is 5.11 Å². The summed E-state index contributed by atoms with van der Waals surface area (Å²) < 4.78 is 6.99. The minimum Gasteiger partial charge on any atom is -0.459 e. The number of benzene rings is 1. The van der Waals surface area contributed by atoms with E-state index in [4.69, 9.17) is 4.42 Å². The van der Waals surface area contributed by atoms with Gasteiger partial charge in [-0.05, 0) is 69.3 Å². The lowest BCUT2D eigenvalue weighted by atomic mass is 9.87. The third kappa shape index (κ3) is 3.68. The quantitative estimate of drug-likeness (QED) is 0.858. The zero-order chi connectivity index (χ0) is 14.8. The molecule has 1 aromatic carbocycles. The van der Waals surface area contributed by atoms with E-state index in [1.807, 2.05) is 12.1 Å². The molecule has 4 heteroatoms. The zero-order valence-electron chi connectivity index (χ0n) is 12.3. The molecule has 114 valence electrons. The first kappa shape index (κ1) is 15.1. The van der Waals surface area contributed by atoms with Gasteiger partial charge in [-0.25, -0.2) is 0 Å². The van der Waals surface area contributed by atoms with Gasteiger partial charge in [0.05, 0.1) is 12.1 Å². The van der Waals surface area contributed by atoms with Crippen LogP contribution in [0.3, 0.4) is 0 Å².